The fourth-order valence-corrected chi connectivity index (χ4v) is 5.75. The molecule has 13 nitrogen and oxygen atoms in total. The van der Waals surface area contributed by atoms with Crippen LogP contribution in [0, 0.1) is 0 Å². The van der Waals surface area contributed by atoms with E-state index in [9.17, 15) is 39.9 Å². The first-order valence-corrected chi connectivity index (χ1v) is 12.4. The Kier molecular flexibility index (Phi) is 9.18. The van der Waals surface area contributed by atoms with Crippen molar-refractivity contribution in [3.05, 3.63) is 51.6 Å². The molecule has 1 saturated heterocycles. The van der Waals surface area contributed by atoms with Crippen LogP contribution in [0.5, 0.6) is 17.2 Å². The number of phenolic OH excluding ortho intramolecular Hbond substituents is 2. The summed E-state index contributed by atoms with van der Waals surface area (Å²) in [5, 5.41) is 53.7. The van der Waals surface area contributed by atoms with Gasteiger partial charge in [0.1, 0.15) is 29.5 Å². The molecule has 0 radical (unpaired) electrons. The summed E-state index contributed by atoms with van der Waals surface area (Å²) in [5.41, 5.74) is 2.37. The number of nitrogens with two attached hydrogens (primary N) is 1. The third kappa shape index (κ3) is 4.98. The molecule has 2 aromatic carbocycles. The summed E-state index contributed by atoms with van der Waals surface area (Å²) in [6, 6.07) is 3.64. The topological polar surface area (TPSA) is 238 Å². The standard InChI is InChI=1S/C27H29NO11.ClH.H2O/c1-10-22(31)13(28)6-17(38-10)39-15-8-27(36,16(30)9-29)7-12-19(15)26(35)21-20(24(12)33)23(32)11-4-3-5-14(37-2)18(11)25(21)34;;/h3-5,10,13,15,17,22,29,31,33,35-36H,6-9,28H2,1-2H3;1H;1H2/t10-,13-,15-,17-,22-,27-;;/m0../s1. The number of hydrogen-bond donors (Lipinski definition) is 6. The van der Waals surface area contributed by atoms with Gasteiger partial charge < -0.3 is 51.0 Å². The van der Waals surface area contributed by atoms with Crippen molar-refractivity contribution >= 4 is 29.8 Å². The van der Waals surface area contributed by atoms with Crippen LogP contribution in [0.25, 0.3) is 0 Å². The molecular formula is C27H32ClNO12. The number of halogens is 1. The van der Waals surface area contributed by atoms with Gasteiger partial charge in [-0.05, 0) is 13.0 Å². The number of carbonyl (C=O) groups is 3. The molecule has 224 valence electrons. The molecule has 0 aromatic heterocycles. The summed E-state index contributed by atoms with van der Waals surface area (Å²) in [7, 11) is 1.32. The zero-order valence-corrected chi connectivity index (χ0v) is 22.9. The van der Waals surface area contributed by atoms with Crippen molar-refractivity contribution in [2.45, 2.75) is 62.4 Å². The van der Waals surface area contributed by atoms with Crippen molar-refractivity contribution in [1.82, 2.24) is 0 Å². The van der Waals surface area contributed by atoms with Crippen molar-refractivity contribution in [2.75, 3.05) is 13.7 Å². The number of aromatic hydroxyl groups is 2. The molecule has 0 unspecified atom stereocenters. The maximum atomic E-state index is 13.6. The molecule has 1 fully saturated rings. The molecule has 0 amide bonds. The van der Waals surface area contributed by atoms with E-state index >= 15 is 0 Å². The molecule has 1 aliphatic heterocycles. The number of fused-ring (bicyclic) bond motifs is 3. The molecule has 0 bridgehead atoms. The van der Waals surface area contributed by atoms with Crippen LogP contribution in [-0.4, -0.2) is 92.2 Å². The van der Waals surface area contributed by atoms with E-state index in [1.54, 1.807) is 6.92 Å². The number of hydrogen-bond acceptors (Lipinski definition) is 12. The van der Waals surface area contributed by atoms with Gasteiger partial charge in [-0.2, -0.15) is 0 Å². The average Bonchev–Trinajstić information content (AvgIpc) is 2.90. The average molecular weight is 598 g/mol. The highest BCUT2D eigenvalue weighted by Gasteiger charge is 2.50. The molecule has 41 heavy (non-hydrogen) atoms. The van der Waals surface area contributed by atoms with Gasteiger partial charge in [-0.1, -0.05) is 12.1 Å². The summed E-state index contributed by atoms with van der Waals surface area (Å²) in [4.78, 5) is 39.7. The molecule has 2 aromatic rings. The van der Waals surface area contributed by atoms with Crippen LogP contribution in [0.2, 0.25) is 0 Å². The van der Waals surface area contributed by atoms with Crippen LogP contribution in [0.4, 0.5) is 0 Å². The van der Waals surface area contributed by atoms with Crippen molar-refractivity contribution in [3.8, 4) is 17.2 Å². The van der Waals surface area contributed by atoms with E-state index < -0.39 is 95.7 Å². The Bertz CT molecular complexity index is 1390. The van der Waals surface area contributed by atoms with E-state index in [-0.39, 0.29) is 52.3 Å². The number of methoxy groups -OCH3 is 1. The van der Waals surface area contributed by atoms with Gasteiger partial charge in [0.05, 0.1) is 42.1 Å². The zero-order valence-electron chi connectivity index (χ0n) is 22.1. The molecule has 9 N–H and O–H groups in total. The first-order valence-electron chi connectivity index (χ1n) is 12.4. The number of ketones is 3. The van der Waals surface area contributed by atoms with Crippen molar-refractivity contribution in [3.63, 3.8) is 0 Å². The Morgan fingerprint density at radius 2 is 1.80 bits per heavy atom. The Morgan fingerprint density at radius 3 is 2.41 bits per heavy atom. The highest BCUT2D eigenvalue weighted by atomic mass is 35.5. The van der Waals surface area contributed by atoms with Crippen molar-refractivity contribution in [1.29, 1.82) is 0 Å². The molecule has 6 atom stereocenters. The zero-order chi connectivity index (χ0) is 28.4. The van der Waals surface area contributed by atoms with E-state index in [0.29, 0.717) is 0 Å². The number of benzene rings is 2. The lowest BCUT2D eigenvalue weighted by Crippen LogP contribution is -2.53. The van der Waals surface area contributed by atoms with E-state index in [2.05, 4.69) is 0 Å². The Hall–Kier alpha value is -3.14. The maximum Gasteiger partial charge on any atom is 0.202 e. The van der Waals surface area contributed by atoms with Gasteiger partial charge in [0, 0.05) is 42.0 Å². The molecular weight excluding hydrogens is 566 g/mol. The predicted octanol–water partition coefficient (Wildman–Crippen LogP) is -0.402. The van der Waals surface area contributed by atoms with Crippen LogP contribution in [0.15, 0.2) is 18.2 Å². The summed E-state index contributed by atoms with van der Waals surface area (Å²) in [6.45, 7) is 0.560. The fourth-order valence-electron chi connectivity index (χ4n) is 5.75. The van der Waals surface area contributed by atoms with E-state index in [1.165, 1.54) is 25.3 Å². The van der Waals surface area contributed by atoms with Gasteiger partial charge in [0.15, 0.2) is 17.9 Å². The number of rotatable bonds is 5. The van der Waals surface area contributed by atoms with Gasteiger partial charge in [0.25, 0.3) is 0 Å². The van der Waals surface area contributed by atoms with Crippen molar-refractivity contribution < 1.29 is 59.6 Å². The summed E-state index contributed by atoms with van der Waals surface area (Å²) in [6.07, 6.45) is -5.12. The molecule has 5 rings (SSSR count). The lowest BCUT2D eigenvalue weighted by molar-refractivity contribution is -0.247. The smallest absolute Gasteiger partial charge is 0.202 e. The van der Waals surface area contributed by atoms with Crippen LogP contribution in [-0.2, 0) is 20.7 Å². The lowest BCUT2D eigenvalue weighted by Gasteiger charge is -2.42. The maximum absolute atomic E-state index is 13.6. The summed E-state index contributed by atoms with van der Waals surface area (Å²) < 4.78 is 17.0. The minimum atomic E-state index is -2.24. The monoisotopic (exact) mass is 597 g/mol. The second-order valence-corrected chi connectivity index (χ2v) is 10.2. The molecule has 3 aliphatic rings. The Morgan fingerprint density at radius 1 is 1.15 bits per heavy atom. The number of aliphatic hydroxyl groups is 3. The number of carbonyl (C=O) groups excluding carboxylic acids is 3. The molecule has 0 saturated carbocycles. The highest BCUT2D eigenvalue weighted by Crippen LogP contribution is 2.52. The second kappa shape index (κ2) is 11.6. The molecule has 14 heteroatoms. The predicted molar refractivity (Wildman–Crippen MR) is 143 cm³/mol. The van der Waals surface area contributed by atoms with Crippen LogP contribution in [0.3, 0.4) is 0 Å². The van der Waals surface area contributed by atoms with E-state index in [1.807, 2.05) is 0 Å². The third-order valence-electron chi connectivity index (χ3n) is 7.81. The largest absolute Gasteiger partial charge is 0.507 e. The SMILES string of the molecule is COc1cccc2c1C(=O)c1c(O)c3c(c(O)c1C2=O)C[C@@](O)(C(=O)CO)C[C@@H]3O[C@H]1C[C@H](N)[C@@H](O)[C@H](C)O1.Cl.O. The first kappa shape index (κ1) is 32.4. The Labute approximate surface area is 240 Å². The molecule has 1 heterocycles. The second-order valence-electron chi connectivity index (χ2n) is 10.2. The summed E-state index contributed by atoms with van der Waals surface area (Å²) >= 11 is 0. The third-order valence-corrected chi connectivity index (χ3v) is 7.81. The van der Waals surface area contributed by atoms with Crippen molar-refractivity contribution in [2.24, 2.45) is 5.73 Å². The van der Waals surface area contributed by atoms with Gasteiger partial charge in [0.2, 0.25) is 5.78 Å². The minimum Gasteiger partial charge on any atom is -0.507 e. The van der Waals surface area contributed by atoms with Crippen LogP contribution >= 0.6 is 12.4 Å². The van der Waals surface area contributed by atoms with Crippen LogP contribution < -0.4 is 10.5 Å². The molecule has 0 spiro atoms. The number of ether oxygens (including phenoxy) is 3. The van der Waals surface area contributed by atoms with Gasteiger partial charge in [-0.3, -0.25) is 14.4 Å². The van der Waals surface area contributed by atoms with Gasteiger partial charge in [-0.15, -0.1) is 12.4 Å². The summed E-state index contributed by atoms with van der Waals surface area (Å²) in [5.74, 6) is -3.77. The number of Topliss-reactive ketones (excluding diaryl/α,β-unsaturated/α-hetero) is 1. The highest BCUT2D eigenvalue weighted by molar-refractivity contribution is 6.31. The fraction of sp³-hybridized carbons (Fsp3) is 0.444. The molecule has 2 aliphatic carbocycles. The minimum absolute atomic E-state index is 0. The Balaban J connectivity index is 0.00000231. The first-order chi connectivity index (χ1) is 18.4. The van der Waals surface area contributed by atoms with Gasteiger partial charge in [-0.25, -0.2) is 0 Å². The normalized spacial score (nSPS) is 28.4. The van der Waals surface area contributed by atoms with E-state index in [4.69, 9.17) is 19.9 Å². The number of phenols is 2. The van der Waals surface area contributed by atoms with Crippen LogP contribution in [0.1, 0.15) is 68.8 Å². The van der Waals surface area contributed by atoms with Gasteiger partial charge >= 0.3 is 0 Å². The van der Waals surface area contributed by atoms with E-state index in [0.717, 1.165) is 0 Å². The number of aliphatic hydroxyl groups excluding tert-OH is 2. The quantitative estimate of drug-likeness (QED) is 0.206. The lowest BCUT2D eigenvalue weighted by atomic mass is 9.72.